The van der Waals surface area contributed by atoms with Gasteiger partial charge in [0.05, 0.1) is 22.3 Å². The van der Waals surface area contributed by atoms with Crippen molar-refractivity contribution in [2.24, 2.45) is 10.2 Å². The number of fused-ring (bicyclic) bond motifs is 1. The van der Waals surface area contributed by atoms with Crippen LogP contribution in [0, 0.1) is 0 Å². The third-order valence-electron chi connectivity index (χ3n) is 3.70. The molecule has 0 unspecified atom stereocenters. The Kier molecular flexibility index (Phi) is 5.03. The Balaban J connectivity index is 1.79. The van der Waals surface area contributed by atoms with Gasteiger partial charge in [-0.1, -0.05) is 6.92 Å². The lowest BCUT2D eigenvalue weighted by molar-refractivity contribution is -0.303. The van der Waals surface area contributed by atoms with E-state index < -0.39 is 23.3 Å². The molecular weight excluding hydrogens is 366 g/mol. The molecule has 3 rings (SSSR count). The van der Waals surface area contributed by atoms with Gasteiger partial charge >= 0.3 is 11.7 Å². The van der Waals surface area contributed by atoms with Crippen LogP contribution in [-0.2, 0) is 4.79 Å². The van der Waals surface area contributed by atoms with Gasteiger partial charge in [0.25, 0.3) is 5.91 Å². The highest BCUT2D eigenvalue weighted by molar-refractivity contribution is 6.04. The maximum absolute atomic E-state index is 12.4. The first-order valence-electron chi connectivity index (χ1n) is 8.00. The number of aromatic carboxylic acids is 1. The summed E-state index contributed by atoms with van der Waals surface area (Å²) in [5.41, 5.74) is 0.971. The normalized spacial score (nSPS) is 12.2. The van der Waals surface area contributed by atoms with Gasteiger partial charge in [-0.05, 0) is 42.5 Å². The van der Waals surface area contributed by atoms with Crippen molar-refractivity contribution in [3.8, 4) is 0 Å². The van der Waals surface area contributed by atoms with Crippen molar-refractivity contribution >= 4 is 34.3 Å². The maximum Gasteiger partial charge on any atom is 0.335 e. The summed E-state index contributed by atoms with van der Waals surface area (Å²) in [6.45, 7) is 1.17. The van der Waals surface area contributed by atoms with E-state index >= 15 is 0 Å². The molecule has 10 heteroatoms. The molecule has 0 aliphatic carbocycles. The molecule has 0 bridgehead atoms. The van der Waals surface area contributed by atoms with Crippen molar-refractivity contribution in [2.75, 3.05) is 5.32 Å². The van der Waals surface area contributed by atoms with Crippen LogP contribution in [0.25, 0.3) is 11.0 Å². The summed E-state index contributed by atoms with van der Waals surface area (Å²) in [5, 5.41) is 30.7. The van der Waals surface area contributed by atoms with E-state index in [1.807, 2.05) is 0 Å². The molecule has 3 aromatic rings. The van der Waals surface area contributed by atoms with Crippen molar-refractivity contribution < 1.29 is 19.8 Å². The van der Waals surface area contributed by atoms with E-state index in [0.717, 1.165) is 0 Å². The molecule has 10 nitrogen and oxygen atoms in total. The van der Waals surface area contributed by atoms with Gasteiger partial charge in [0.1, 0.15) is 5.70 Å². The summed E-state index contributed by atoms with van der Waals surface area (Å²) in [6.07, 6.45) is 0. The number of amides is 1. The molecule has 142 valence electrons. The number of aromatic nitrogens is 2. The fraction of sp³-hybridized carbons (Fsp3) is 0.0556. The van der Waals surface area contributed by atoms with Crippen molar-refractivity contribution in [2.45, 2.75) is 6.92 Å². The Morgan fingerprint density at radius 3 is 2.39 bits per heavy atom. The SMILES string of the molecule is C/C([O-])=C(/N=Nc1ccc(C(=O)O)cc1)C(=O)Nc1ccc2[nH]c(=O)[nH]c2c1. The second-order valence-electron chi connectivity index (χ2n) is 5.75. The van der Waals surface area contributed by atoms with Crippen LogP contribution in [0.3, 0.4) is 0 Å². The number of benzene rings is 2. The lowest BCUT2D eigenvalue weighted by atomic mass is 10.2. The third kappa shape index (κ3) is 4.12. The van der Waals surface area contributed by atoms with E-state index in [1.54, 1.807) is 12.1 Å². The van der Waals surface area contributed by atoms with Gasteiger partial charge in [0, 0.05) is 5.69 Å². The van der Waals surface area contributed by atoms with Gasteiger partial charge in [-0.3, -0.25) is 4.79 Å². The van der Waals surface area contributed by atoms with Gasteiger partial charge in [-0.2, -0.15) is 5.11 Å². The lowest BCUT2D eigenvalue weighted by Crippen LogP contribution is -2.18. The summed E-state index contributed by atoms with van der Waals surface area (Å²) in [4.78, 5) is 39.6. The highest BCUT2D eigenvalue weighted by Gasteiger charge is 2.11. The monoisotopic (exact) mass is 380 g/mol. The molecule has 1 aromatic heterocycles. The van der Waals surface area contributed by atoms with Gasteiger partial charge in [-0.25, -0.2) is 9.59 Å². The minimum absolute atomic E-state index is 0.0747. The molecule has 0 spiro atoms. The number of nitrogens with zero attached hydrogens (tertiary/aromatic N) is 2. The minimum Gasteiger partial charge on any atom is -0.874 e. The average molecular weight is 380 g/mol. The molecule has 4 N–H and O–H groups in total. The number of carboxylic acid groups (broad SMARTS) is 1. The summed E-state index contributed by atoms with van der Waals surface area (Å²) in [7, 11) is 0. The number of allylic oxidation sites excluding steroid dienone is 1. The van der Waals surface area contributed by atoms with Gasteiger partial charge in [0.15, 0.2) is 0 Å². The largest absolute Gasteiger partial charge is 0.874 e. The van der Waals surface area contributed by atoms with Crippen LogP contribution in [0.5, 0.6) is 0 Å². The Hall–Kier alpha value is -4.21. The van der Waals surface area contributed by atoms with E-state index in [9.17, 15) is 19.5 Å². The molecular formula is C18H14N5O5-. The molecule has 0 saturated carbocycles. The van der Waals surface area contributed by atoms with Gasteiger partial charge < -0.3 is 25.5 Å². The number of hydrogen-bond donors (Lipinski definition) is 4. The first kappa shape index (κ1) is 18.6. The highest BCUT2D eigenvalue weighted by Crippen LogP contribution is 2.18. The molecule has 2 aromatic carbocycles. The number of azo groups is 1. The molecule has 0 saturated heterocycles. The molecule has 1 amide bonds. The quantitative estimate of drug-likeness (QED) is 0.301. The van der Waals surface area contributed by atoms with E-state index in [4.69, 9.17) is 5.11 Å². The fourth-order valence-electron chi connectivity index (χ4n) is 2.35. The number of anilines is 1. The summed E-state index contributed by atoms with van der Waals surface area (Å²) < 4.78 is 0. The zero-order valence-corrected chi connectivity index (χ0v) is 14.5. The van der Waals surface area contributed by atoms with Gasteiger partial charge in [0.2, 0.25) is 0 Å². The maximum atomic E-state index is 12.4. The smallest absolute Gasteiger partial charge is 0.335 e. The van der Waals surface area contributed by atoms with Crippen LogP contribution < -0.4 is 16.1 Å². The van der Waals surface area contributed by atoms with Crippen LogP contribution in [0.15, 0.2) is 68.9 Å². The van der Waals surface area contributed by atoms with Crippen LogP contribution in [-0.4, -0.2) is 27.0 Å². The van der Waals surface area contributed by atoms with Crippen molar-refractivity contribution in [3.63, 3.8) is 0 Å². The first-order chi connectivity index (χ1) is 13.3. The van der Waals surface area contributed by atoms with E-state index in [2.05, 4.69) is 25.5 Å². The lowest BCUT2D eigenvalue weighted by Gasteiger charge is -2.11. The van der Waals surface area contributed by atoms with Gasteiger partial charge in [-0.15, -0.1) is 10.9 Å². The van der Waals surface area contributed by atoms with Crippen LogP contribution in [0.1, 0.15) is 17.3 Å². The number of carboxylic acids is 1. The first-order valence-corrected chi connectivity index (χ1v) is 8.00. The van der Waals surface area contributed by atoms with E-state index in [0.29, 0.717) is 16.7 Å². The van der Waals surface area contributed by atoms with E-state index in [-0.39, 0.29) is 16.9 Å². The highest BCUT2D eigenvalue weighted by atomic mass is 16.4. The van der Waals surface area contributed by atoms with Crippen LogP contribution >= 0.6 is 0 Å². The molecule has 0 fully saturated rings. The number of hydrogen-bond acceptors (Lipinski definition) is 6. The number of aromatic amines is 2. The number of H-pyrrole nitrogens is 2. The number of carbonyl (C=O) groups excluding carboxylic acids is 1. The van der Waals surface area contributed by atoms with E-state index in [1.165, 1.54) is 37.3 Å². The number of rotatable bonds is 5. The predicted molar refractivity (Wildman–Crippen MR) is 98.2 cm³/mol. The average Bonchev–Trinajstić information content (AvgIpc) is 3.01. The Morgan fingerprint density at radius 1 is 1.07 bits per heavy atom. The van der Waals surface area contributed by atoms with Crippen molar-refractivity contribution in [1.29, 1.82) is 0 Å². The second-order valence-corrected chi connectivity index (χ2v) is 5.75. The Morgan fingerprint density at radius 2 is 1.75 bits per heavy atom. The number of carbonyl (C=O) groups is 2. The molecule has 28 heavy (non-hydrogen) atoms. The molecule has 0 atom stereocenters. The van der Waals surface area contributed by atoms with Crippen molar-refractivity contribution in [1.82, 2.24) is 9.97 Å². The zero-order chi connectivity index (χ0) is 20.3. The summed E-state index contributed by atoms with van der Waals surface area (Å²) in [6, 6.07) is 10.2. The number of imidazole rings is 1. The topological polar surface area (TPSA) is 163 Å². The zero-order valence-electron chi connectivity index (χ0n) is 14.5. The third-order valence-corrected chi connectivity index (χ3v) is 3.70. The van der Waals surface area contributed by atoms with Crippen LogP contribution in [0.4, 0.5) is 11.4 Å². The second kappa shape index (κ2) is 7.58. The summed E-state index contributed by atoms with van der Waals surface area (Å²) in [5.74, 6) is -2.45. The predicted octanol–water partition coefficient (Wildman–Crippen LogP) is 1.87. The Labute approximate surface area is 157 Å². The van der Waals surface area contributed by atoms with Crippen molar-refractivity contribution in [3.05, 3.63) is 70.0 Å². The standard InChI is InChI=1S/C18H15N5O5/c1-9(24)15(23-22-11-4-2-10(3-5-11)17(26)27)16(25)19-12-6-7-13-14(8-12)21-18(28)20-13/h2-8,24H,1H3,(H,19,25)(H,26,27)(H2,20,21,28)/p-1/b15-9-,23-22?. The minimum atomic E-state index is -1.08. The molecule has 0 aliphatic rings. The fourth-order valence-corrected chi connectivity index (χ4v) is 2.35. The van der Waals surface area contributed by atoms with Crippen LogP contribution in [0.2, 0.25) is 0 Å². The molecule has 0 radical (unpaired) electrons. The number of nitrogens with one attached hydrogen (secondary N) is 3. The summed E-state index contributed by atoms with van der Waals surface area (Å²) >= 11 is 0. The molecule has 1 heterocycles. The molecule has 0 aliphatic heterocycles. The Bertz CT molecular complexity index is 1170.